The zero-order chi connectivity index (χ0) is 16.6. The summed E-state index contributed by atoms with van der Waals surface area (Å²) in [5.74, 6) is -0.770. The monoisotopic (exact) mass is 299 g/mol. The molecule has 0 bridgehead atoms. The minimum absolute atomic E-state index is 0.0150. The molecule has 21 heavy (non-hydrogen) atoms. The van der Waals surface area contributed by atoms with Crippen molar-refractivity contribution in [3.8, 4) is 0 Å². The third-order valence-corrected chi connectivity index (χ3v) is 4.11. The highest BCUT2D eigenvalue weighted by atomic mass is 16.6. The first-order chi connectivity index (χ1) is 9.24. The molecular formula is C16H29NO4. The van der Waals surface area contributed by atoms with Crippen molar-refractivity contribution in [2.75, 3.05) is 13.1 Å². The number of amides is 1. The van der Waals surface area contributed by atoms with Gasteiger partial charge in [-0.25, -0.2) is 4.79 Å². The van der Waals surface area contributed by atoms with Crippen LogP contribution in [0.15, 0.2) is 0 Å². The van der Waals surface area contributed by atoms with E-state index in [4.69, 9.17) is 9.84 Å². The molecule has 1 heterocycles. The van der Waals surface area contributed by atoms with E-state index in [-0.39, 0.29) is 29.3 Å². The Balaban J connectivity index is 2.94. The predicted octanol–water partition coefficient (Wildman–Crippen LogP) is 3.38. The highest BCUT2D eigenvalue weighted by Gasteiger charge is 2.49. The van der Waals surface area contributed by atoms with Crippen LogP contribution >= 0.6 is 0 Å². The Morgan fingerprint density at radius 1 is 1.14 bits per heavy atom. The molecule has 5 nitrogen and oxygen atoms in total. The molecule has 0 aliphatic carbocycles. The molecule has 1 fully saturated rings. The number of carboxylic acids is 1. The number of hydrogen-bond acceptors (Lipinski definition) is 3. The van der Waals surface area contributed by atoms with Crippen LogP contribution in [0.2, 0.25) is 0 Å². The van der Waals surface area contributed by atoms with Gasteiger partial charge in [0.15, 0.2) is 0 Å². The van der Waals surface area contributed by atoms with Gasteiger partial charge in [-0.3, -0.25) is 4.79 Å². The summed E-state index contributed by atoms with van der Waals surface area (Å²) >= 11 is 0. The highest BCUT2D eigenvalue weighted by molar-refractivity contribution is 5.69. The minimum Gasteiger partial charge on any atom is -0.481 e. The lowest BCUT2D eigenvalue weighted by Gasteiger charge is -2.52. The van der Waals surface area contributed by atoms with Crippen molar-refractivity contribution in [2.24, 2.45) is 16.7 Å². The highest BCUT2D eigenvalue weighted by Crippen LogP contribution is 2.47. The second kappa shape index (κ2) is 5.50. The first-order valence-corrected chi connectivity index (χ1v) is 7.44. The average Bonchev–Trinajstić information content (AvgIpc) is 2.19. The number of nitrogens with zero attached hydrogens (tertiary/aromatic N) is 1. The maximum absolute atomic E-state index is 12.3. The number of carbonyl (C=O) groups is 2. The molecule has 0 radical (unpaired) electrons. The SMILES string of the molecule is CC(C)(C)OC(=O)N1CC(C)(C)C(CC(=O)O)C(C)(C)C1. The molecule has 1 N–H and O–H groups in total. The Kier molecular flexibility index (Phi) is 4.66. The van der Waals surface area contributed by atoms with E-state index in [0.29, 0.717) is 13.1 Å². The first kappa shape index (κ1) is 17.8. The van der Waals surface area contributed by atoms with Gasteiger partial charge >= 0.3 is 12.1 Å². The Hall–Kier alpha value is -1.26. The number of carboxylic acid groups (broad SMARTS) is 1. The lowest BCUT2D eigenvalue weighted by Crippen LogP contribution is -2.57. The zero-order valence-corrected chi connectivity index (χ0v) is 14.3. The first-order valence-electron chi connectivity index (χ1n) is 7.44. The molecule has 0 aromatic carbocycles. The maximum atomic E-state index is 12.3. The van der Waals surface area contributed by atoms with E-state index < -0.39 is 11.6 Å². The van der Waals surface area contributed by atoms with Gasteiger partial charge in [-0.1, -0.05) is 27.7 Å². The third kappa shape index (κ3) is 4.61. The van der Waals surface area contributed by atoms with Crippen molar-refractivity contribution in [3.63, 3.8) is 0 Å². The van der Waals surface area contributed by atoms with E-state index in [9.17, 15) is 9.59 Å². The standard InChI is InChI=1S/C16H29NO4/c1-14(2,3)21-13(20)17-9-15(4,5)11(8-12(18)19)16(6,7)10-17/h11H,8-10H2,1-7H3,(H,18,19). The molecule has 1 rings (SSSR count). The molecule has 0 saturated carbocycles. The van der Waals surface area contributed by atoms with Crippen LogP contribution in [0.3, 0.4) is 0 Å². The van der Waals surface area contributed by atoms with Crippen LogP contribution in [-0.4, -0.2) is 40.8 Å². The van der Waals surface area contributed by atoms with Crippen molar-refractivity contribution in [2.45, 2.75) is 60.5 Å². The molecular weight excluding hydrogens is 270 g/mol. The van der Waals surface area contributed by atoms with Gasteiger partial charge in [0.1, 0.15) is 5.60 Å². The lowest BCUT2D eigenvalue weighted by molar-refractivity contribution is -0.143. The van der Waals surface area contributed by atoms with Crippen LogP contribution in [0.1, 0.15) is 54.9 Å². The summed E-state index contributed by atoms with van der Waals surface area (Å²) in [6.07, 6.45) is -0.195. The smallest absolute Gasteiger partial charge is 0.410 e. The maximum Gasteiger partial charge on any atom is 0.410 e. The summed E-state index contributed by atoms with van der Waals surface area (Å²) < 4.78 is 5.45. The molecule has 0 unspecified atom stereocenters. The minimum atomic E-state index is -0.785. The topological polar surface area (TPSA) is 66.8 Å². The zero-order valence-electron chi connectivity index (χ0n) is 14.3. The molecule has 1 aliphatic rings. The van der Waals surface area contributed by atoms with Gasteiger partial charge in [-0.2, -0.15) is 0 Å². The molecule has 1 saturated heterocycles. The van der Waals surface area contributed by atoms with Crippen molar-refractivity contribution >= 4 is 12.1 Å². The number of likely N-dealkylation sites (tertiary alicyclic amines) is 1. The summed E-state index contributed by atoms with van der Waals surface area (Å²) in [5.41, 5.74) is -1.06. The number of aliphatic carboxylic acids is 1. The fourth-order valence-electron chi connectivity index (χ4n) is 3.50. The summed E-state index contributed by atoms with van der Waals surface area (Å²) in [5, 5.41) is 9.15. The Morgan fingerprint density at radius 2 is 1.57 bits per heavy atom. The van der Waals surface area contributed by atoms with Crippen molar-refractivity contribution in [3.05, 3.63) is 0 Å². The summed E-state index contributed by atoms with van der Waals surface area (Å²) in [6, 6.07) is 0. The van der Waals surface area contributed by atoms with Crippen LogP contribution in [0.4, 0.5) is 4.79 Å². The van der Waals surface area contributed by atoms with E-state index in [1.54, 1.807) is 4.90 Å². The van der Waals surface area contributed by atoms with Gasteiger partial charge in [-0.15, -0.1) is 0 Å². The molecule has 5 heteroatoms. The number of hydrogen-bond donors (Lipinski definition) is 1. The average molecular weight is 299 g/mol. The van der Waals surface area contributed by atoms with Crippen molar-refractivity contribution in [1.29, 1.82) is 0 Å². The quantitative estimate of drug-likeness (QED) is 0.848. The van der Waals surface area contributed by atoms with Gasteiger partial charge in [0.2, 0.25) is 0 Å². The normalized spacial score (nSPS) is 22.0. The molecule has 0 aromatic heterocycles. The summed E-state index contributed by atoms with van der Waals surface area (Å²) in [7, 11) is 0. The number of carbonyl (C=O) groups excluding carboxylic acids is 1. The molecule has 0 atom stereocenters. The van der Waals surface area contributed by atoms with E-state index in [2.05, 4.69) is 0 Å². The second-order valence-electron chi connectivity index (χ2n) is 8.46. The van der Waals surface area contributed by atoms with Crippen molar-refractivity contribution in [1.82, 2.24) is 4.90 Å². The van der Waals surface area contributed by atoms with Crippen LogP contribution in [0.5, 0.6) is 0 Å². The van der Waals surface area contributed by atoms with Crippen molar-refractivity contribution < 1.29 is 19.4 Å². The molecule has 1 aliphatic heterocycles. The van der Waals surface area contributed by atoms with E-state index in [1.807, 2.05) is 48.5 Å². The van der Waals surface area contributed by atoms with Crippen LogP contribution < -0.4 is 0 Å². The van der Waals surface area contributed by atoms with Gasteiger partial charge < -0.3 is 14.7 Å². The van der Waals surface area contributed by atoms with E-state index in [1.165, 1.54) is 0 Å². The third-order valence-electron chi connectivity index (χ3n) is 4.11. The second-order valence-corrected chi connectivity index (χ2v) is 8.46. The lowest BCUT2D eigenvalue weighted by atomic mass is 9.60. The Bertz CT molecular complexity index is 402. The molecule has 0 spiro atoms. The molecule has 1 amide bonds. The summed E-state index contributed by atoms with van der Waals surface area (Å²) in [4.78, 5) is 25.2. The Labute approximate surface area is 127 Å². The predicted molar refractivity (Wildman–Crippen MR) is 81.1 cm³/mol. The molecule has 122 valence electrons. The van der Waals surface area contributed by atoms with Gasteiger partial charge in [0.25, 0.3) is 0 Å². The van der Waals surface area contributed by atoms with E-state index >= 15 is 0 Å². The van der Waals surface area contributed by atoms with Crippen LogP contribution in [0.25, 0.3) is 0 Å². The van der Waals surface area contributed by atoms with Crippen LogP contribution in [-0.2, 0) is 9.53 Å². The fraction of sp³-hybridized carbons (Fsp3) is 0.875. The number of piperidine rings is 1. The van der Waals surface area contributed by atoms with Crippen LogP contribution in [0, 0.1) is 16.7 Å². The number of ether oxygens (including phenoxy) is 1. The summed E-state index contributed by atoms with van der Waals surface area (Å²) in [6.45, 7) is 14.7. The van der Waals surface area contributed by atoms with Gasteiger partial charge in [-0.05, 0) is 37.5 Å². The van der Waals surface area contributed by atoms with E-state index in [0.717, 1.165) is 0 Å². The fourth-order valence-corrected chi connectivity index (χ4v) is 3.50. The number of rotatable bonds is 2. The van der Waals surface area contributed by atoms with Gasteiger partial charge in [0, 0.05) is 19.5 Å². The van der Waals surface area contributed by atoms with Gasteiger partial charge in [0.05, 0.1) is 0 Å². The largest absolute Gasteiger partial charge is 0.481 e. The Morgan fingerprint density at radius 3 is 1.90 bits per heavy atom. The molecule has 0 aromatic rings.